The molecule has 3 atom stereocenters. The Morgan fingerprint density at radius 3 is 1.45 bits per heavy atom. The van der Waals surface area contributed by atoms with Crippen LogP contribution in [-0.4, -0.2) is 28.1 Å². The normalized spacial score (nSPS) is 14.1. The summed E-state index contributed by atoms with van der Waals surface area (Å²) < 4.78 is 0. The zero-order chi connectivity index (χ0) is 14.3. The van der Waals surface area contributed by atoms with Gasteiger partial charge in [-0.3, -0.25) is 9.59 Å². The highest BCUT2D eigenvalue weighted by Crippen LogP contribution is 2.24. The quantitative estimate of drug-likeness (QED) is 0.667. The summed E-state index contributed by atoms with van der Waals surface area (Å²) in [5, 5.41) is 28.7. The molecule has 0 radical (unpaired) electrons. The molecule has 0 aromatic heterocycles. The molecule has 6 heteroatoms. The molecule has 0 aliphatic rings. The smallest absolute Gasteiger partial charge is 0.306 e. The van der Waals surface area contributed by atoms with Gasteiger partial charge in [-0.1, -0.05) is 28.7 Å². The van der Waals surface area contributed by atoms with E-state index in [1.165, 1.54) is 0 Å². The van der Waals surface area contributed by atoms with Gasteiger partial charge < -0.3 is 20.1 Å². The largest absolute Gasteiger partial charge is 0.550 e. The van der Waals surface area contributed by atoms with Crippen molar-refractivity contribution in [1.29, 1.82) is 0 Å². The Morgan fingerprint density at radius 2 is 1.20 bits per heavy atom. The summed E-state index contributed by atoms with van der Waals surface area (Å²) in [6.45, 7) is 3.29. The molecule has 0 amide bonds. The van der Waals surface area contributed by atoms with Crippen molar-refractivity contribution in [1.82, 2.24) is 0 Å². The standard InChI is InChI=1S/C12H20O6.2CH4/c1-3-7(10(13)14)5-9(12(17)18)6-8(4-2)11(15)16;;/h7-9H,3-6H2,1-2H3,(H,13,14)(H,15,16)(H,17,18);2*1H4/p-1. The van der Waals surface area contributed by atoms with Crippen LogP contribution in [0.3, 0.4) is 0 Å². The molecule has 0 fully saturated rings. The summed E-state index contributed by atoms with van der Waals surface area (Å²) in [4.78, 5) is 32.7. The van der Waals surface area contributed by atoms with Crippen LogP contribution in [0.1, 0.15) is 54.4 Å². The van der Waals surface area contributed by atoms with Crippen molar-refractivity contribution in [2.24, 2.45) is 17.8 Å². The van der Waals surface area contributed by atoms with Crippen LogP contribution in [0.25, 0.3) is 0 Å². The number of aliphatic carboxylic acids is 3. The third kappa shape index (κ3) is 7.76. The predicted octanol–water partition coefficient (Wildman–Crippen LogP) is 1.63. The lowest BCUT2D eigenvalue weighted by Crippen LogP contribution is -2.34. The van der Waals surface area contributed by atoms with Crippen LogP contribution in [-0.2, 0) is 14.4 Å². The maximum atomic E-state index is 11.0. The first-order valence-corrected chi connectivity index (χ1v) is 5.99. The number of hydrogen-bond acceptors (Lipinski definition) is 4. The maximum Gasteiger partial charge on any atom is 0.306 e. The highest BCUT2D eigenvalue weighted by atomic mass is 16.4. The Balaban J connectivity index is -0.00000144. The van der Waals surface area contributed by atoms with E-state index in [1.807, 2.05) is 0 Å². The predicted molar refractivity (Wildman–Crippen MR) is 74.0 cm³/mol. The van der Waals surface area contributed by atoms with E-state index in [-0.39, 0.29) is 34.1 Å². The van der Waals surface area contributed by atoms with Crippen LogP contribution >= 0.6 is 0 Å². The molecule has 2 N–H and O–H groups in total. The highest BCUT2D eigenvalue weighted by Gasteiger charge is 2.28. The van der Waals surface area contributed by atoms with Gasteiger partial charge in [0, 0.05) is 5.97 Å². The van der Waals surface area contributed by atoms with Crippen LogP contribution in [0.15, 0.2) is 0 Å². The Morgan fingerprint density at radius 1 is 0.850 bits per heavy atom. The Hall–Kier alpha value is -1.59. The number of rotatable bonds is 9. The summed E-state index contributed by atoms with van der Waals surface area (Å²) >= 11 is 0. The van der Waals surface area contributed by atoms with Gasteiger partial charge in [-0.2, -0.15) is 0 Å². The molecule has 6 nitrogen and oxygen atoms in total. The molecule has 0 spiro atoms. The molecule has 0 bridgehead atoms. The maximum absolute atomic E-state index is 11.0. The molecule has 0 aromatic rings. The molecule has 0 rings (SSSR count). The molecule has 0 aliphatic carbocycles. The van der Waals surface area contributed by atoms with E-state index in [1.54, 1.807) is 13.8 Å². The van der Waals surface area contributed by atoms with E-state index in [0.717, 1.165) is 0 Å². The van der Waals surface area contributed by atoms with Crippen molar-refractivity contribution in [2.45, 2.75) is 54.4 Å². The molecule has 0 aromatic carbocycles. The van der Waals surface area contributed by atoms with Crippen molar-refractivity contribution < 1.29 is 29.7 Å². The van der Waals surface area contributed by atoms with E-state index < -0.39 is 35.7 Å². The summed E-state index contributed by atoms with van der Waals surface area (Å²) in [7, 11) is 0. The Bertz CT molecular complexity index is 289. The average Bonchev–Trinajstić information content (AvgIpc) is 2.27. The van der Waals surface area contributed by atoms with Gasteiger partial charge in [0.2, 0.25) is 0 Å². The van der Waals surface area contributed by atoms with E-state index in [0.29, 0.717) is 6.42 Å². The van der Waals surface area contributed by atoms with Crippen LogP contribution in [0.5, 0.6) is 0 Å². The van der Waals surface area contributed by atoms with Crippen molar-refractivity contribution in [3.05, 3.63) is 0 Å². The fourth-order valence-electron chi connectivity index (χ4n) is 1.86. The van der Waals surface area contributed by atoms with Gasteiger partial charge in [-0.25, -0.2) is 0 Å². The monoisotopic (exact) mass is 291 g/mol. The first kappa shape index (κ1) is 23.5. The highest BCUT2D eigenvalue weighted by molar-refractivity contribution is 5.75. The first-order valence-electron chi connectivity index (χ1n) is 5.99. The molecule has 0 heterocycles. The van der Waals surface area contributed by atoms with Gasteiger partial charge in [0.1, 0.15) is 0 Å². The van der Waals surface area contributed by atoms with Crippen LogP contribution < -0.4 is 5.11 Å². The van der Waals surface area contributed by atoms with Crippen molar-refractivity contribution in [2.75, 3.05) is 0 Å². The number of carboxylic acid groups (broad SMARTS) is 3. The molecule has 3 unspecified atom stereocenters. The molecule has 120 valence electrons. The van der Waals surface area contributed by atoms with Crippen molar-refractivity contribution >= 4 is 17.9 Å². The molecule has 0 saturated heterocycles. The van der Waals surface area contributed by atoms with Crippen LogP contribution in [0.2, 0.25) is 0 Å². The van der Waals surface area contributed by atoms with Crippen molar-refractivity contribution in [3.8, 4) is 0 Å². The Kier molecular flexibility index (Phi) is 13.2. The molecular formula is C14H27O6-. The number of hydrogen-bond donors (Lipinski definition) is 2. The fraction of sp³-hybridized carbons (Fsp3) is 0.786. The number of carboxylic acids is 3. The molecular weight excluding hydrogens is 264 g/mol. The molecule has 0 saturated carbocycles. The second-order valence-corrected chi connectivity index (χ2v) is 4.37. The topological polar surface area (TPSA) is 115 Å². The number of carbonyl (C=O) groups excluding carboxylic acids is 1. The van der Waals surface area contributed by atoms with Gasteiger partial charge in [-0.15, -0.1) is 0 Å². The minimum atomic E-state index is -1.29. The van der Waals surface area contributed by atoms with Gasteiger partial charge in [0.25, 0.3) is 0 Å². The third-order valence-corrected chi connectivity index (χ3v) is 3.16. The van der Waals surface area contributed by atoms with Gasteiger partial charge in [0.15, 0.2) is 0 Å². The van der Waals surface area contributed by atoms with Gasteiger partial charge in [-0.05, 0) is 31.6 Å². The SMILES string of the molecule is C.C.CCC(CC(CC(CC)C(=O)O)C(=O)O)C(=O)[O-]. The Labute approximate surface area is 120 Å². The summed E-state index contributed by atoms with van der Waals surface area (Å²) in [5.41, 5.74) is 0. The summed E-state index contributed by atoms with van der Waals surface area (Å²) in [5.74, 6) is -6.07. The van der Waals surface area contributed by atoms with Crippen LogP contribution in [0, 0.1) is 17.8 Å². The minimum Gasteiger partial charge on any atom is -0.550 e. The zero-order valence-electron chi connectivity index (χ0n) is 10.6. The second-order valence-electron chi connectivity index (χ2n) is 4.37. The average molecular weight is 291 g/mol. The number of carbonyl (C=O) groups is 3. The first-order chi connectivity index (χ1) is 8.33. The second kappa shape index (κ2) is 11.3. The summed E-state index contributed by atoms with van der Waals surface area (Å²) in [6.07, 6.45) is 0.458. The lowest BCUT2D eigenvalue weighted by Gasteiger charge is -2.22. The zero-order valence-corrected chi connectivity index (χ0v) is 10.6. The third-order valence-electron chi connectivity index (χ3n) is 3.16. The van der Waals surface area contributed by atoms with E-state index in [4.69, 9.17) is 10.2 Å². The fourth-order valence-corrected chi connectivity index (χ4v) is 1.86. The van der Waals surface area contributed by atoms with Crippen LogP contribution in [0.4, 0.5) is 0 Å². The molecule has 20 heavy (non-hydrogen) atoms. The summed E-state index contributed by atoms with van der Waals surface area (Å²) in [6, 6.07) is 0. The van der Waals surface area contributed by atoms with Crippen molar-refractivity contribution in [3.63, 3.8) is 0 Å². The lowest BCUT2D eigenvalue weighted by atomic mass is 9.85. The molecule has 0 aliphatic heterocycles. The van der Waals surface area contributed by atoms with Gasteiger partial charge in [0.05, 0.1) is 11.8 Å². The lowest BCUT2D eigenvalue weighted by molar-refractivity contribution is -0.312. The minimum absolute atomic E-state index is 0. The van der Waals surface area contributed by atoms with E-state index >= 15 is 0 Å². The van der Waals surface area contributed by atoms with E-state index in [9.17, 15) is 19.5 Å². The van der Waals surface area contributed by atoms with Gasteiger partial charge >= 0.3 is 11.9 Å². The van der Waals surface area contributed by atoms with E-state index in [2.05, 4.69) is 0 Å².